The molecule has 0 fully saturated rings. The summed E-state index contributed by atoms with van der Waals surface area (Å²) < 4.78 is 0. The summed E-state index contributed by atoms with van der Waals surface area (Å²) in [5.41, 5.74) is 0.995. The lowest BCUT2D eigenvalue weighted by Crippen LogP contribution is -1.81. The van der Waals surface area contributed by atoms with Crippen LogP contribution in [0.2, 0.25) is 0 Å². The van der Waals surface area contributed by atoms with E-state index in [9.17, 15) is 0 Å². The van der Waals surface area contributed by atoms with Crippen molar-refractivity contribution in [1.82, 2.24) is 0 Å². The molecule has 1 nitrogen and oxygen atoms in total. The first-order valence-corrected chi connectivity index (χ1v) is 4.24. The van der Waals surface area contributed by atoms with E-state index in [1.807, 2.05) is 30.5 Å². The molecule has 0 saturated carbocycles. The van der Waals surface area contributed by atoms with Gasteiger partial charge in [0.2, 0.25) is 0 Å². The van der Waals surface area contributed by atoms with Crippen molar-refractivity contribution < 1.29 is 0 Å². The maximum absolute atomic E-state index is 7.05. The van der Waals surface area contributed by atoms with Crippen molar-refractivity contribution in [3.8, 4) is 0 Å². The first kappa shape index (κ1) is 7.35. The van der Waals surface area contributed by atoms with E-state index in [1.165, 1.54) is 6.21 Å². The highest BCUT2D eigenvalue weighted by atomic mass is 32.2. The SMILES string of the molecule is CSc1ccccc1C=N. The molecule has 0 atom stereocenters. The molecule has 2 heteroatoms. The zero-order chi connectivity index (χ0) is 7.40. The Balaban J connectivity index is 3.08. The molecule has 1 rings (SSSR count). The summed E-state index contributed by atoms with van der Waals surface area (Å²) in [5, 5.41) is 7.05. The molecule has 0 aliphatic carbocycles. The van der Waals surface area contributed by atoms with Gasteiger partial charge in [-0.1, -0.05) is 18.2 Å². The minimum absolute atomic E-state index is 0.995. The molecular formula is C8H9NS. The normalized spacial score (nSPS) is 9.30. The molecular weight excluding hydrogens is 142 g/mol. The highest BCUT2D eigenvalue weighted by molar-refractivity contribution is 7.98. The van der Waals surface area contributed by atoms with E-state index in [0.29, 0.717) is 0 Å². The number of rotatable bonds is 2. The van der Waals surface area contributed by atoms with Gasteiger partial charge in [0.15, 0.2) is 0 Å². The van der Waals surface area contributed by atoms with Gasteiger partial charge < -0.3 is 5.41 Å². The van der Waals surface area contributed by atoms with Gasteiger partial charge in [0.1, 0.15) is 0 Å². The molecule has 1 aromatic rings. The molecule has 52 valence electrons. The average molecular weight is 151 g/mol. The van der Waals surface area contributed by atoms with Gasteiger partial charge in [-0.05, 0) is 12.3 Å². The Morgan fingerprint density at radius 1 is 1.40 bits per heavy atom. The van der Waals surface area contributed by atoms with Crippen molar-refractivity contribution in [2.24, 2.45) is 0 Å². The first-order chi connectivity index (χ1) is 4.88. The van der Waals surface area contributed by atoms with Crippen LogP contribution in [0, 0.1) is 5.41 Å². The predicted molar refractivity (Wildman–Crippen MR) is 46.1 cm³/mol. The molecule has 0 amide bonds. The Hall–Kier alpha value is -0.760. The topological polar surface area (TPSA) is 23.9 Å². The molecule has 0 spiro atoms. The summed E-state index contributed by atoms with van der Waals surface area (Å²) >= 11 is 1.67. The van der Waals surface area contributed by atoms with Crippen molar-refractivity contribution >= 4 is 18.0 Å². The number of hydrogen-bond donors (Lipinski definition) is 1. The molecule has 10 heavy (non-hydrogen) atoms. The van der Waals surface area contributed by atoms with Crippen LogP contribution in [0.25, 0.3) is 0 Å². The smallest absolute Gasteiger partial charge is 0.0261 e. The second kappa shape index (κ2) is 3.42. The fourth-order valence-electron chi connectivity index (χ4n) is 0.786. The molecule has 0 aromatic heterocycles. The average Bonchev–Trinajstić information content (AvgIpc) is 2.04. The van der Waals surface area contributed by atoms with E-state index >= 15 is 0 Å². The lowest BCUT2D eigenvalue weighted by atomic mass is 10.2. The zero-order valence-corrected chi connectivity index (χ0v) is 6.61. The highest BCUT2D eigenvalue weighted by Gasteiger charge is 1.93. The van der Waals surface area contributed by atoms with Crippen molar-refractivity contribution in [3.63, 3.8) is 0 Å². The van der Waals surface area contributed by atoms with Crippen LogP contribution in [0.4, 0.5) is 0 Å². The molecule has 0 bridgehead atoms. The van der Waals surface area contributed by atoms with Gasteiger partial charge in [0, 0.05) is 16.7 Å². The standard InChI is InChI=1S/C8H9NS/c1-10-8-5-3-2-4-7(8)6-9/h2-6,9H,1H3. The Morgan fingerprint density at radius 3 is 2.60 bits per heavy atom. The lowest BCUT2D eigenvalue weighted by Gasteiger charge is -1.98. The third kappa shape index (κ3) is 1.39. The summed E-state index contributed by atoms with van der Waals surface area (Å²) in [6, 6.07) is 7.89. The maximum atomic E-state index is 7.05. The molecule has 0 aliphatic rings. The fourth-order valence-corrected chi connectivity index (χ4v) is 1.36. The van der Waals surface area contributed by atoms with Gasteiger partial charge in [0.25, 0.3) is 0 Å². The second-order valence-corrected chi connectivity index (χ2v) is 2.73. The van der Waals surface area contributed by atoms with Crippen LogP contribution in [0.3, 0.4) is 0 Å². The number of hydrogen-bond acceptors (Lipinski definition) is 2. The minimum atomic E-state index is 0.995. The molecule has 0 heterocycles. The van der Waals surface area contributed by atoms with Crippen LogP contribution in [0.15, 0.2) is 29.2 Å². The molecule has 0 radical (unpaired) electrons. The van der Waals surface area contributed by atoms with Crippen LogP contribution in [-0.4, -0.2) is 12.5 Å². The van der Waals surface area contributed by atoms with Crippen molar-refractivity contribution in [3.05, 3.63) is 29.8 Å². The van der Waals surface area contributed by atoms with Gasteiger partial charge in [-0.15, -0.1) is 11.8 Å². The summed E-state index contributed by atoms with van der Waals surface area (Å²) in [7, 11) is 0. The van der Waals surface area contributed by atoms with Crippen LogP contribution in [0.1, 0.15) is 5.56 Å². The largest absolute Gasteiger partial charge is 0.308 e. The van der Waals surface area contributed by atoms with Gasteiger partial charge in [-0.2, -0.15) is 0 Å². The van der Waals surface area contributed by atoms with Gasteiger partial charge in [0.05, 0.1) is 0 Å². The van der Waals surface area contributed by atoms with E-state index in [-0.39, 0.29) is 0 Å². The molecule has 0 unspecified atom stereocenters. The van der Waals surface area contributed by atoms with Gasteiger partial charge in [-0.25, -0.2) is 0 Å². The quantitative estimate of drug-likeness (QED) is 0.509. The van der Waals surface area contributed by atoms with Gasteiger partial charge >= 0.3 is 0 Å². The number of thioether (sulfide) groups is 1. The monoisotopic (exact) mass is 151 g/mol. The van der Waals surface area contributed by atoms with E-state index in [2.05, 4.69) is 0 Å². The maximum Gasteiger partial charge on any atom is 0.0261 e. The molecule has 0 saturated heterocycles. The van der Waals surface area contributed by atoms with E-state index in [1.54, 1.807) is 11.8 Å². The first-order valence-electron chi connectivity index (χ1n) is 3.02. The summed E-state index contributed by atoms with van der Waals surface area (Å²) in [6.07, 6.45) is 3.40. The van der Waals surface area contributed by atoms with E-state index in [0.717, 1.165) is 10.5 Å². The Bertz CT molecular complexity index is 232. The predicted octanol–water partition coefficient (Wildman–Crippen LogP) is 2.41. The van der Waals surface area contributed by atoms with E-state index < -0.39 is 0 Å². The minimum Gasteiger partial charge on any atom is -0.308 e. The van der Waals surface area contributed by atoms with Crippen LogP contribution >= 0.6 is 11.8 Å². The lowest BCUT2D eigenvalue weighted by molar-refractivity contribution is 1.41. The highest BCUT2D eigenvalue weighted by Crippen LogP contribution is 2.17. The number of nitrogens with one attached hydrogen (secondary N) is 1. The van der Waals surface area contributed by atoms with Crippen LogP contribution in [0.5, 0.6) is 0 Å². The Kier molecular flexibility index (Phi) is 2.51. The van der Waals surface area contributed by atoms with Crippen molar-refractivity contribution in [1.29, 1.82) is 5.41 Å². The van der Waals surface area contributed by atoms with Crippen LogP contribution < -0.4 is 0 Å². The summed E-state index contributed by atoms with van der Waals surface area (Å²) in [4.78, 5) is 1.16. The molecule has 0 aliphatic heterocycles. The third-order valence-corrected chi connectivity index (χ3v) is 2.11. The molecule has 1 aromatic carbocycles. The Labute approximate surface area is 65.0 Å². The van der Waals surface area contributed by atoms with E-state index in [4.69, 9.17) is 5.41 Å². The Morgan fingerprint density at radius 2 is 2.10 bits per heavy atom. The summed E-state index contributed by atoms with van der Waals surface area (Å²) in [6.45, 7) is 0. The zero-order valence-electron chi connectivity index (χ0n) is 5.79. The van der Waals surface area contributed by atoms with Crippen LogP contribution in [-0.2, 0) is 0 Å². The summed E-state index contributed by atoms with van der Waals surface area (Å²) in [5.74, 6) is 0. The van der Waals surface area contributed by atoms with Gasteiger partial charge in [-0.3, -0.25) is 0 Å². The van der Waals surface area contributed by atoms with Crippen molar-refractivity contribution in [2.45, 2.75) is 4.90 Å². The van der Waals surface area contributed by atoms with Crippen molar-refractivity contribution in [2.75, 3.05) is 6.26 Å². The number of benzene rings is 1. The second-order valence-electron chi connectivity index (χ2n) is 1.89. The fraction of sp³-hybridized carbons (Fsp3) is 0.125. The molecule has 1 N–H and O–H groups in total. The third-order valence-electron chi connectivity index (χ3n) is 1.29.